The summed E-state index contributed by atoms with van der Waals surface area (Å²) in [6, 6.07) is 12.7. The molecule has 2 heterocycles. The van der Waals surface area contributed by atoms with Crippen LogP contribution in [0, 0.1) is 0 Å². The van der Waals surface area contributed by atoms with E-state index in [9.17, 15) is 0 Å². The second-order valence-electron chi connectivity index (χ2n) is 7.16. The molecule has 0 amide bonds. The van der Waals surface area contributed by atoms with Gasteiger partial charge in [-0.25, -0.2) is 0 Å². The summed E-state index contributed by atoms with van der Waals surface area (Å²) in [5, 5.41) is 4.71. The molecule has 3 rings (SSSR count). The number of likely N-dealkylation sites (tertiary alicyclic amines) is 1. The predicted octanol–water partition coefficient (Wildman–Crippen LogP) is 3.59. The van der Waals surface area contributed by atoms with E-state index in [1.165, 1.54) is 13.1 Å². The summed E-state index contributed by atoms with van der Waals surface area (Å²) < 4.78 is 5.58. The molecular formula is C20H27ClN3OS+. The smallest absolute Gasteiger partial charge is 0.174 e. The number of para-hydroxylation sites is 1. The normalized spacial score (nSPS) is 20.2. The van der Waals surface area contributed by atoms with Crippen LogP contribution in [-0.2, 0) is 6.54 Å². The van der Waals surface area contributed by atoms with Crippen LogP contribution in [0.25, 0.3) is 0 Å². The molecule has 0 atom stereocenters. The Morgan fingerprint density at radius 3 is 2.62 bits per heavy atom. The molecule has 1 saturated heterocycles. The number of rotatable bonds is 5. The molecule has 2 N–H and O–H groups in total. The molecule has 1 aromatic carbocycles. The van der Waals surface area contributed by atoms with Crippen LogP contribution in [0.4, 0.5) is 5.69 Å². The summed E-state index contributed by atoms with van der Waals surface area (Å²) in [5.74, 6) is 0.923. The zero-order chi connectivity index (χ0) is 18.5. The number of benzene rings is 1. The Kier molecular flexibility index (Phi) is 6.57. The fourth-order valence-corrected chi connectivity index (χ4v) is 4.06. The first-order valence-corrected chi connectivity index (χ1v) is 10.0. The van der Waals surface area contributed by atoms with Gasteiger partial charge in [0.15, 0.2) is 5.11 Å². The average Bonchev–Trinajstić information content (AvgIpc) is 3.15. The number of nitrogens with zero attached hydrogens (tertiary/aromatic N) is 1. The number of thiocarbonyl (C=S) groups is 1. The van der Waals surface area contributed by atoms with Gasteiger partial charge in [0, 0.05) is 18.9 Å². The molecule has 1 aliphatic heterocycles. The second kappa shape index (κ2) is 8.89. The van der Waals surface area contributed by atoms with Gasteiger partial charge in [0.25, 0.3) is 0 Å². The van der Waals surface area contributed by atoms with Crippen molar-refractivity contribution in [1.29, 1.82) is 0 Å². The minimum atomic E-state index is 0.407. The average molecular weight is 393 g/mol. The summed E-state index contributed by atoms with van der Waals surface area (Å²) in [4.78, 5) is 3.93. The molecule has 1 aliphatic rings. The van der Waals surface area contributed by atoms with Gasteiger partial charge in [0.1, 0.15) is 5.76 Å². The first kappa shape index (κ1) is 19.2. The van der Waals surface area contributed by atoms with Crippen molar-refractivity contribution in [3.05, 3.63) is 53.4 Å². The zero-order valence-corrected chi connectivity index (χ0v) is 16.9. The van der Waals surface area contributed by atoms with Crippen LogP contribution in [0.3, 0.4) is 0 Å². The second-order valence-corrected chi connectivity index (χ2v) is 7.96. The Morgan fingerprint density at radius 2 is 2.00 bits per heavy atom. The van der Waals surface area contributed by atoms with Crippen molar-refractivity contribution >= 4 is 34.6 Å². The van der Waals surface area contributed by atoms with E-state index in [2.05, 4.69) is 24.1 Å². The molecule has 6 heteroatoms. The maximum Gasteiger partial charge on any atom is 0.174 e. The van der Waals surface area contributed by atoms with E-state index in [-0.39, 0.29) is 0 Å². The third-order valence-electron chi connectivity index (χ3n) is 5.14. The number of hydrogen-bond donors (Lipinski definition) is 2. The number of anilines is 1. The quantitative estimate of drug-likeness (QED) is 0.762. The summed E-state index contributed by atoms with van der Waals surface area (Å²) in [5.41, 5.74) is 0.842. The predicted molar refractivity (Wildman–Crippen MR) is 111 cm³/mol. The number of quaternary nitrogens is 1. The lowest BCUT2D eigenvalue weighted by atomic mass is 10.0. The van der Waals surface area contributed by atoms with Gasteiger partial charge >= 0.3 is 0 Å². The van der Waals surface area contributed by atoms with Gasteiger partial charge in [-0.15, -0.1) is 0 Å². The number of halogens is 1. The highest BCUT2D eigenvalue weighted by atomic mass is 35.5. The van der Waals surface area contributed by atoms with Gasteiger partial charge in [0.2, 0.25) is 0 Å². The maximum absolute atomic E-state index is 6.29. The van der Waals surface area contributed by atoms with Gasteiger partial charge in [-0.1, -0.05) is 23.7 Å². The van der Waals surface area contributed by atoms with Crippen LogP contribution in [-0.4, -0.2) is 35.2 Å². The summed E-state index contributed by atoms with van der Waals surface area (Å²) in [6.07, 6.45) is 3.96. The van der Waals surface area contributed by atoms with Crippen LogP contribution < -0.4 is 10.2 Å². The summed E-state index contributed by atoms with van der Waals surface area (Å²) in [6.45, 7) is 7.60. The van der Waals surface area contributed by atoms with Crippen LogP contribution >= 0.6 is 23.8 Å². The monoisotopic (exact) mass is 392 g/mol. The lowest BCUT2D eigenvalue weighted by Crippen LogP contribution is -3.16. The maximum atomic E-state index is 6.29. The fraction of sp³-hybridized carbons (Fsp3) is 0.450. The third kappa shape index (κ3) is 4.78. The molecule has 0 spiro atoms. The van der Waals surface area contributed by atoms with Crippen molar-refractivity contribution in [2.75, 3.05) is 18.4 Å². The van der Waals surface area contributed by atoms with Gasteiger partial charge in [-0.2, -0.15) is 0 Å². The standard InChI is InChI=1S/C20H26ClN3OS/c1-15(2)23-11-9-16(10-12-23)24(14-17-6-5-13-25-17)20(26)22-19-8-4-3-7-18(19)21/h3-8,13,15-16H,9-12,14H2,1-2H3,(H,22,26)/p+1. The number of piperidine rings is 1. The summed E-state index contributed by atoms with van der Waals surface area (Å²) >= 11 is 12.1. The highest BCUT2D eigenvalue weighted by Crippen LogP contribution is 2.23. The number of nitrogens with one attached hydrogen (secondary N) is 2. The van der Waals surface area contributed by atoms with Crippen molar-refractivity contribution in [1.82, 2.24) is 4.90 Å². The molecule has 2 aromatic rings. The molecule has 0 aliphatic carbocycles. The van der Waals surface area contributed by atoms with E-state index in [0.29, 0.717) is 28.8 Å². The van der Waals surface area contributed by atoms with Crippen LogP contribution in [0.2, 0.25) is 5.02 Å². The number of hydrogen-bond acceptors (Lipinski definition) is 2. The van der Waals surface area contributed by atoms with E-state index in [1.54, 1.807) is 11.2 Å². The molecule has 26 heavy (non-hydrogen) atoms. The molecule has 0 saturated carbocycles. The highest BCUT2D eigenvalue weighted by molar-refractivity contribution is 7.80. The van der Waals surface area contributed by atoms with E-state index in [4.69, 9.17) is 28.2 Å². The Bertz CT molecular complexity index is 712. The van der Waals surface area contributed by atoms with E-state index in [0.717, 1.165) is 24.3 Å². The van der Waals surface area contributed by atoms with Gasteiger partial charge in [-0.05, 0) is 50.3 Å². The van der Waals surface area contributed by atoms with Crippen molar-refractivity contribution in [2.45, 2.75) is 45.3 Å². The van der Waals surface area contributed by atoms with Crippen molar-refractivity contribution in [3.8, 4) is 0 Å². The number of furan rings is 1. The van der Waals surface area contributed by atoms with Gasteiger partial charge < -0.3 is 19.5 Å². The minimum Gasteiger partial charge on any atom is -0.467 e. The molecule has 0 unspecified atom stereocenters. The molecule has 1 aromatic heterocycles. The van der Waals surface area contributed by atoms with E-state index >= 15 is 0 Å². The Labute approximate surface area is 166 Å². The van der Waals surface area contributed by atoms with Crippen LogP contribution in [0.5, 0.6) is 0 Å². The van der Waals surface area contributed by atoms with Gasteiger partial charge in [-0.3, -0.25) is 0 Å². The van der Waals surface area contributed by atoms with E-state index in [1.807, 2.05) is 36.4 Å². The third-order valence-corrected chi connectivity index (χ3v) is 5.80. The van der Waals surface area contributed by atoms with Crippen LogP contribution in [0.1, 0.15) is 32.4 Å². The van der Waals surface area contributed by atoms with Crippen molar-refractivity contribution in [3.63, 3.8) is 0 Å². The van der Waals surface area contributed by atoms with Crippen molar-refractivity contribution in [2.24, 2.45) is 0 Å². The topological polar surface area (TPSA) is 32.9 Å². The fourth-order valence-electron chi connectivity index (χ4n) is 3.55. The molecule has 140 valence electrons. The molecular weight excluding hydrogens is 366 g/mol. The first-order valence-electron chi connectivity index (χ1n) is 9.23. The lowest BCUT2D eigenvalue weighted by Gasteiger charge is -2.39. The minimum absolute atomic E-state index is 0.407. The summed E-state index contributed by atoms with van der Waals surface area (Å²) in [7, 11) is 0. The van der Waals surface area contributed by atoms with Gasteiger partial charge in [0.05, 0.1) is 42.6 Å². The Morgan fingerprint density at radius 1 is 1.27 bits per heavy atom. The molecule has 0 radical (unpaired) electrons. The van der Waals surface area contributed by atoms with Crippen molar-refractivity contribution < 1.29 is 9.32 Å². The molecule has 4 nitrogen and oxygen atoms in total. The molecule has 0 bridgehead atoms. The lowest BCUT2D eigenvalue weighted by molar-refractivity contribution is -0.926. The highest BCUT2D eigenvalue weighted by Gasteiger charge is 2.30. The van der Waals surface area contributed by atoms with E-state index < -0.39 is 0 Å². The first-order chi connectivity index (χ1) is 12.5. The SMILES string of the molecule is CC(C)[NH+]1CCC(N(Cc2ccco2)C(=S)Nc2ccccc2Cl)CC1. The largest absolute Gasteiger partial charge is 0.467 e. The molecule has 1 fully saturated rings. The zero-order valence-electron chi connectivity index (χ0n) is 15.4. The van der Waals surface area contributed by atoms with Crippen LogP contribution in [0.15, 0.2) is 47.1 Å². The Hall–Kier alpha value is -1.56. The Balaban J connectivity index is 1.73.